The Morgan fingerprint density at radius 3 is 2.35 bits per heavy atom. The Hall–Kier alpha value is -1.30. The largest absolute Gasteiger partial charge is 0.497 e. The summed E-state index contributed by atoms with van der Waals surface area (Å²) in [5, 5.41) is 22.3. The van der Waals surface area contributed by atoms with Gasteiger partial charge in [0.1, 0.15) is 24.2 Å². The molecule has 0 aliphatic carbocycles. The molecule has 0 fully saturated rings. The maximum absolute atomic E-state index is 9.87. The molecule has 0 aromatic heterocycles. The predicted octanol–water partition coefficient (Wildman–Crippen LogP) is 1.19. The Morgan fingerprint density at radius 1 is 1.25 bits per heavy atom. The maximum atomic E-state index is 9.87. The molecule has 5 nitrogen and oxygen atoms in total. The smallest absolute Gasteiger partial charge is 0.119 e. The molecule has 1 aromatic rings. The van der Waals surface area contributed by atoms with Crippen molar-refractivity contribution in [3.8, 4) is 11.5 Å². The van der Waals surface area contributed by atoms with Crippen LogP contribution >= 0.6 is 0 Å². The summed E-state index contributed by atoms with van der Waals surface area (Å²) in [5.41, 5.74) is -0.360. The summed E-state index contributed by atoms with van der Waals surface area (Å²) in [6.45, 7) is 4.52. The first kappa shape index (κ1) is 16.8. The normalized spacial score (nSPS) is 15.4. The van der Waals surface area contributed by atoms with Crippen LogP contribution in [0.5, 0.6) is 11.5 Å². The fourth-order valence-corrected chi connectivity index (χ4v) is 1.58. The zero-order valence-electron chi connectivity index (χ0n) is 12.4. The first-order valence-corrected chi connectivity index (χ1v) is 6.84. The molecule has 0 heterocycles. The van der Waals surface area contributed by atoms with Crippen molar-refractivity contribution in [2.45, 2.75) is 31.9 Å². The van der Waals surface area contributed by atoms with Crippen LogP contribution < -0.4 is 14.8 Å². The first-order chi connectivity index (χ1) is 9.53. The van der Waals surface area contributed by atoms with E-state index in [0.717, 1.165) is 12.2 Å². The van der Waals surface area contributed by atoms with Crippen LogP contribution in [0.25, 0.3) is 0 Å². The molecule has 0 radical (unpaired) electrons. The van der Waals surface area contributed by atoms with Gasteiger partial charge < -0.3 is 25.0 Å². The second-order valence-corrected chi connectivity index (χ2v) is 5.09. The van der Waals surface area contributed by atoms with Gasteiger partial charge in [0, 0.05) is 12.1 Å². The van der Waals surface area contributed by atoms with Crippen LogP contribution in [0.3, 0.4) is 0 Å². The number of aliphatic hydroxyl groups is 2. The lowest BCUT2D eigenvalue weighted by molar-refractivity contribution is 0.0866. The van der Waals surface area contributed by atoms with E-state index in [4.69, 9.17) is 9.47 Å². The summed E-state index contributed by atoms with van der Waals surface area (Å²) < 4.78 is 10.5. The van der Waals surface area contributed by atoms with Crippen molar-refractivity contribution < 1.29 is 19.7 Å². The van der Waals surface area contributed by atoms with E-state index in [9.17, 15) is 10.2 Å². The minimum Gasteiger partial charge on any atom is -0.497 e. The lowest BCUT2D eigenvalue weighted by atomic mass is 10.0. The highest BCUT2D eigenvalue weighted by molar-refractivity contribution is 5.31. The SMILES string of the molecule is CCC(C)(CO)NCC(O)COc1ccc(OC)cc1. The van der Waals surface area contributed by atoms with E-state index < -0.39 is 6.10 Å². The number of β-amino-alcohol motifs (C(OH)–C–C–N with tert-alkyl or cyclic N) is 1. The zero-order chi connectivity index (χ0) is 15.0. The molecule has 0 aliphatic rings. The van der Waals surface area contributed by atoms with Gasteiger partial charge in [0.2, 0.25) is 0 Å². The summed E-state index contributed by atoms with van der Waals surface area (Å²) in [7, 11) is 1.61. The molecule has 1 rings (SSSR count). The molecular formula is C15H25NO4. The molecule has 5 heteroatoms. The van der Waals surface area contributed by atoms with Crippen LogP contribution in [-0.4, -0.2) is 48.7 Å². The highest BCUT2D eigenvalue weighted by Gasteiger charge is 2.21. The lowest BCUT2D eigenvalue weighted by Gasteiger charge is -2.28. The Balaban J connectivity index is 2.33. The van der Waals surface area contributed by atoms with E-state index >= 15 is 0 Å². The summed E-state index contributed by atoms with van der Waals surface area (Å²) in [6.07, 6.45) is 0.157. The van der Waals surface area contributed by atoms with Gasteiger partial charge >= 0.3 is 0 Å². The number of hydrogen-bond acceptors (Lipinski definition) is 5. The topological polar surface area (TPSA) is 71.0 Å². The average molecular weight is 283 g/mol. The van der Waals surface area contributed by atoms with Crippen molar-refractivity contribution in [1.29, 1.82) is 0 Å². The summed E-state index contributed by atoms with van der Waals surface area (Å²) in [6, 6.07) is 7.20. The zero-order valence-corrected chi connectivity index (χ0v) is 12.4. The van der Waals surface area contributed by atoms with Gasteiger partial charge in [0.25, 0.3) is 0 Å². The van der Waals surface area contributed by atoms with Crippen LogP contribution in [0.4, 0.5) is 0 Å². The summed E-state index contributed by atoms with van der Waals surface area (Å²) in [4.78, 5) is 0. The molecule has 0 saturated heterocycles. The van der Waals surface area contributed by atoms with Gasteiger partial charge in [-0.25, -0.2) is 0 Å². The van der Waals surface area contributed by atoms with Gasteiger partial charge in [-0.3, -0.25) is 0 Å². The first-order valence-electron chi connectivity index (χ1n) is 6.84. The third-order valence-electron chi connectivity index (χ3n) is 3.40. The number of rotatable bonds is 9. The van der Waals surface area contributed by atoms with Crippen LogP contribution in [-0.2, 0) is 0 Å². The van der Waals surface area contributed by atoms with Crippen molar-refractivity contribution in [3.63, 3.8) is 0 Å². The lowest BCUT2D eigenvalue weighted by Crippen LogP contribution is -2.49. The summed E-state index contributed by atoms with van der Waals surface area (Å²) in [5.74, 6) is 1.45. The van der Waals surface area contributed by atoms with Gasteiger partial charge in [0.05, 0.1) is 13.7 Å². The van der Waals surface area contributed by atoms with Crippen LogP contribution in [0.15, 0.2) is 24.3 Å². The maximum Gasteiger partial charge on any atom is 0.119 e. The third kappa shape index (κ3) is 5.36. The van der Waals surface area contributed by atoms with Crippen molar-refractivity contribution in [2.75, 3.05) is 26.9 Å². The van der Waals surface area contributed by atoms with E-state index in [0.29, 0.717) is 12.3 Å². The molecule has 1 aromatic carbocycles. The molecule has 0 amide bonds. The number of hydrogen-bond donors (Lipinski definition) is 3. The van der Waals surface area contributed by atoms with E-state index in [2.05, 4.69) is 5.32 Å². The fraction of sp³-hybridized carbons (Fsp3) is 0.600. The Bertz CT molecular complexity index is 376. The van der Waals surface area contributed by atoms with Gasteiger partial charge in [-0.1, -0.05) is 6.92 Å². The summed E-state index contributed by atoms with van der Waals surface area (Å²) >= 11 is 0. The van der Waals surface area contributed by atoms with Crippen molar-refractivity contribution >= 4 is 0 Å². The molecule has 0 spiro atoms. The molecule has 2 unspecified atom stereocenters. The molecule has 0 bridgehead atoms. The standard InChI is InChI=1S/C15H25NO4/c1-4-15(2,11-17)16-9-12(18)10-20-14-7-5-13(19-3)6-8-14/h5-8,12,16-18H,4,9-11H2,1-3H3. The van der Waals surface area contributed by atoms with E-state index in [-0.39, 0.29) is 18.8 Å². The highest BCUT2D eigenvalue weighted by atomic mass is 16.5. The van der Waals surface area contributed by atoms with Crippen LogP contribution in [0.2, 0.25) is 0 Å². The molecule has 20 heavy (non-hydrogen) atoms. The van der Waals surface area contributed by atoms with Crippen molar-refractivity contribution in [1.82, 2.24) is 5.32 Å². The molecule has 3 N–H and O–H groups in total. The molecule has 0 aliphatic heterocycles. The second-order valence-electron chi connectivity index (χ2n) is 5.09. The highest BCUT2D eigenvalue weighted by Crippen LogP contribution is 2.17. The average Bonchev–Trinajstić information content (AvgIpc) is 2.51. The van der Waals surface area contributed by atoms with Crippen molar-refractivity contribution in [2.24, 2.45) is 0 Å². The molecule has 114 valence electrons. The Labute approximate surface area is 120 Å². The van der Waals surface area contributed by atoms with Gasteiger partial charge in [0.15, 0.2) is 0 Å². The minimum absolute atomic E-state index is 0.0373. The number of ether oxygens (including phenoxy) is 2. The monoisotopic (exact) mass is 283 g/mol. The number of methoxy groups -OCH3 is 1. The third-order valence-corrected chi connectivity index (χ3v) is 3.40. The quantitative estimate of drug-likeness (QED) is 0.635. The Morgan fingerprint density at radius 2 is 1.85 bits per heavy atom. The second kappa shape index (κ2) is 8.09. The van der Waals surface area contributed by atoms with Gasteiger partial charge in [-0.05, 0) is 37.6 Å². The van der Waals surface area contributed by atoms with E-state index in [1.54, 1.807) is 31.4 Å². The molecule has 0 saturated carbocycles. The minimum atomic E-state index is -0.630. The number of aliphatic hydroxyl groups excluding tert-OH is 2. The fourth-order valence-electron chi connectivity index (χ4n) is 1.58. The van der Waals surface area contributed by atoms with Gasteiger partial charge in [-0.2, -0.15) is 0 Å². The molecule has 2 atom stereocenters. The number of benzene rings is 1. The van der Waals surface area contributed by atoms with Crippen molar-refractivity contribution in [3.05, 3.63) is 24.3 Å². The predicted molar refractivity (Wildman–Crippen MR) is 78.3 cm³/mol. The van der Waals surface area contributed by atoms with Crippen LogP contribution in [0, 0.1) is 0 Å². The van der Waals surface area contributed by atoms with E-state index in [1.807, 2.05) is 13.8 Å². The van der Waals surface area contributed by atoms with E-state index in [1.165, 1.54) is 0 Å². The van der Waals surface area contributed by atoms with Gasteiger partial charge in [-0.15, -0.1) is 0 Å². The van der Waals surface area contributed by atoms with Crippen LogP contribution in [0.1, 0.15) is 20.3 Å². The Kier molecular flexibility index (Phi) is 6.78. The number of nitrogens with one attached hydrogen (secondary N) is 1. The molecular weight excluding hydrogens is 258 g/mol.